The fourth-order valence-corrected chi connectivity index (χ4v) is 1.99. The molecule has 87 valence electrons. The first-order valence-electron chi connectivity index (χ1n) is 5.87. The van der Waals surface area contributed by atoms with E-state index in [1.165, 1.54) is 0 Å². The van der Waals surface area contributed by atoms with Crippen molar-refractivity contribution < 1.29 is 4.79 Å². The van der Waals surface area contributed by atoms with E-state index in [-0.39, 0.29) is 5.78 Å². The number of ketones is 1. The first-order valence-corrected chi connectivity index (χ1v) is 5.87. The molecule has 0 spiro atoms. The van der Waals surface area contributed by atoms with Crippen LogP contribution in [-0.4, -0.2) is 30.3 Å². The maximum Gasteiger partial charge on any atom is 0.176 e. The summed E-state index contributed by atoms with van der Waals surface area (Å²) in [5, 5.41) is 8.68. The van der Waals surface area contributed by atoms with Gasteiger partial charge in [0.2, 0.25) is 0 Å². The molecule has 0 atom stereocenters. The molecule has 1 aromatic rings. The Morgan fingerprint density at radius 1 is 1.35 bits per heavy atom. The molecule has 1 aromatic carbocycles. The summed E-state index contributed by atoms with van der Waals surface area (Å²) in [4.78, 5) is 14.1. The van der Waals surface area contributed by atoms with Crippen LogP contribution in [0.15, 0.2) is 24.3 Å². The van der Waals surface area contributed by atoms with E-state index in [0.29, 0.717) is 17.7 Å². The monoisotopic (exact) mass is 227 g/mol. The second-order valence-electron chi connectivity index (χ2n) is 4.28. The summed E-state index contributed by atoms with van der Waals surface area (Å²) in [6.45, 7) is 2.38. The van der Waals surface area contributed by atoms with Crippen LogP contribution in [0.5, 0.6) is 0 Å². The fourth-order valence-electron chi connectivity index (χ4n) is 1.99. The molecule has 3 heteroatoms. The molecule has 1 aliphatic heterocycles. The highest BCUT2D eigenvalue weighted by atomic mass is 16.1. The molecule has 1 heterocycles. The Balaban J connectivity index is 1.96. The number of rotatable bonds is 3. The summed E-state index contributed by atoms with van der Waals surface area (Å²) in [5.41, 5.74) is 1.28. The number of nitriles is 1. The third kappa shape index (κ3) is 3.15. The van der Waals surface area contributed by atoms with Crippen molar-refractivity contribution in [2.75, 3.05) is 19.6 Å². The van der Waals surface area contributed by atoms with Crippen molar-refractivity contribution in [1.29, 1.82) is 5.26 Å². The molecule has 2 rings (SSSR count). The van der Waals surface area contributed by atoms with E-state index in [0.717, 1.165) is 25.9 Å². The molecule has 1 fully saturated rings. The summed E-state index contributed by atoms with van der Waals surface area (Å²) in [7, 11) is 0. The van der Waals surface area contributed by atoms with Crippen LogP contribution in [0.3, 0.4) is 0 Å². The Morgan fingerprint density at radius 2 is 2.12 bits per heavy atom. The number of nitrogens with zero attached hydrogens (tertiary/aromatic N) is 2. The summed E-state index contributed by atoms with van der Waals surface area (Å²) >= 11 is 0. The van der Waals surface area contributed by atoms with Gasteiger partial charge in [-0.1, -0.05) is 12.1 Å². The van der Waals surface area contributed by atoms with E-state index in [2.05, 4.69) is 11.3 Å². The van der Waals surface area contributed by atoms with Crippen LogP contribution in [0.25, 0.3) is 0 Å². The minimum absolute atomic E-state index is 0.129. The van der Waals surface area contributed by atoms with E-state index >= 15 is 0 Å². The lowest BCUT2D eigenvalue weighted by atomic mass is 10.1. The summed E-state index contributed by atoms with van der Waals surface area (Å²) in [5.74, 6) is 0.129. The standard InChI is InChI=1S/C14H15N2O/c15-10-12-4-6-13(7-5-12)14(17)11-16-8-2-1-3-9-16/h2,4-7H,1,3,8-9,11H2. The van der Waals surface area contributed by atoms with Gasteiger partial charge in [0, 0.05) is 12.1 Å². The maximum absolute atomic E-state index is 12.0. The highest BCUT2D eigenvalue weighted by molar-refractivity contribution is 5.97. The third-order valence-corrected chi connectivity index (χ3v) is 2.97. The second kappa shape index (κ2) is 5.60. The Labute approximate surface area is 102 Å². The van der Waals surface area contributed by atoms with Crippen LogP contribution in [0, 0.1) is 17.8 Å². The van der Waals surface area contributed by atoms with Crippen LogP contribution in [0.2, 0.25) is 0 Å². The van der Waals surface area contributed by atoms with Gasteiger partial charge in [0.05, 0.1) is 18.2 Å². The molecule has 0 amide bonds. The number of carbonyl (C=O) groups excluding carboxylic acids is 1. The van der Waals surface area contributed by atoms with E-state index in [1.54, 1.807) is 24.3 Å². The van der Waals surface area contributed by atoms with E-state index < -0.39 is 0 Å². The molecule has 0 saturated carbocycles. The lowest BCUT2D eigenvalue weighted by Crippen LogP contribution is -2.34. The van der Waals surface area contributed by atoms with E-state index in [1.807, 2.05) is 6.07 Å². The van der Waals surface area contributed by atoms with E-state index in [4.69, 9.17) is 5.26 Å². The predicted molar refractivity (Wildman–Crippen MR) is 65.5 cm³/mol. The van der Waals surface area contributed by atoms with Crippen LogP contribution >= 0.6 is 0 Å². The minimum Gasteiger partial charge on any atom is -0.296 e. The van der Waals surface area contributed by atoms with Crippen molar-refractivity contribution in [2.24, 2.45) is 0 Å². The van der Waals surface area contributed by atoms with E-state index in [9.17, 15) is 4.79 Å². The molecule has 1 aliphatic rings. The van der Waals surface area contributed by atoms with Gasteiger partial charge in [-0.3, -0.25) is 9.69 Å². The zero-order chi connectivity index (χ0) is 12.1. The molecule has 0 N–H and O–H groups in total. The van der Waals surface area contributed by atoms with Crippen LogP contribution < -0.4 is 0 Å². The quantitative estimate of drug-likeness (QED) is 0.742. The lowest BCUT2D eigenvalue weighted by Gasteiger charge is -2.25. The number of likely N-dealkylation sites (tertiary alicyclic amines) is 1. The maximum atomic E-state index is 12.0. The number of carbonyl (C=O) groups is 1. The summed E-state index contributed by atoms with van der Waals surface area (Å²) < 4.78 is 0. The van der Waals surface area contributed by atoms with Gasteiger partial charge in [0.1, 0.15) is 0 Å². The number of hydrogen-bond donors (Lipinski definition) is 0. The Kier molecular flexibility index (Phi) is 3.89. The van der Waals surface area contributed by atoms with Gasteiger partial charge >= 0.3 is 0 Å². The van der Waals surface area contributed by atoms with Gasteiger partial charge in [-0.25, -0.2) is 0 Å². The van der Waals surface area contributed by atoms with Gasteiger partial charge < -0.3 is 0 Å². The van der Waals surface area contributed by atoms with Gasteiger partial charge in [0.25, 0.3) is 0 Å². The largest absolute Gasteiger partial charge is 0.296 e. The van der Waals surface area contributed by atoms with Crippen molar-refractivity contribution in [3.63, 3.8) is 0 Å². The highest BCUT2D eigenvalue weighted by Gasteiger charge is 2.14. The molecule has 0 aromatic heterocycles. The smallest absolute Gasteiger partial charge is 0.176 e. The molecular formula is C14H15N2O. The molecule has 1 radical (unpaired) electrons. The molecular weight excluding hydrogens is 212 g/mol. The first-order chi connectivity index (χ1) is 8.29. The second-order valence-corrected chi connectivity index (χ2v) is 4.28. The highest BCUT2D eigenvalue weighted by Crippen LogP contribution is 2.10. The number of piperidine rings is 1. The van der Waals surface area contributed by atoms with Crippen molar-refractivity contribution >= 4 is 5.78 Å². The third-order valence-electron chi connectivity index (χ3n) is 2.97. The Hall–Kier alpha value is -1.66. The average molecular weight is 227 g/mol. The number of benzene rings is 1. The fraction of sp³-hybridized carbons (Fsp3) is 0.357. The summed E-state index contributed by atoms with van der Waals surface area (Å²) in [6, 6.07) is 8.89. The SMILES string of the molecule is N#Cc1ccc(C(=O)CN2C[CH]CCC2)cc1. The molecule has 3 nitrogen and oxygen atoms in total. The molecule has 0 bridgehead atoms. The first kappa shape index (κ1) is 11.8. The zero-order valence-corrected chi connectivity index (χ0v) is 9.72. The van der Waals surface area contributed by atoms with Gasteiger partial charge in [-0.15, -0.1) is 0 Å². The predicted octanol–water partition coefficient (Wildman–Crippen LogP) is 2.04. The van der Waals surface area contributed by atoms with Gasteiger partial charge in [-0.05, 0) is 37.9 Å². The van der Waals surface area contributed by atoms with Crippen molar-refractivity contribution in [3.8, 4) is 6.07 Å². The van der Waals surface area contributed by atoms with Gasteiger partial charge in [0.15, 0.2) is 5.78 Å². The normalized spacial score (nSPS) is 16.4. The van der Waals surface area contributed by atoms with Crippen LogP contribution in [-0.2, 0) is 0 Å². The molecule has 1 saturated heterocycles. The summed E-state index contributed by atoms with van der Waals surface area (Å²) in [6.07, 6.45) is 4.51. The van der Waals surface area contributed by atoms with Crippen molar-refractivity contribution in [2.45, 2.75) is 12.8 Å². The average Bonchev–Trinajstić information content (AvgIpc) is 2.40. The van der Waals surface area contributed by atoms with Crippen LogP contribution in [0.4, 0.5) is 0 Å². The topological polar surface area (TPSA) is 44.1 Å². The number of hydrogen-bond acceptors (Lipinski definition) is 3. The van der Waals surface area contributed by atoms with Crippen molar-refractivity contribution in [3.05, 3.63) is 41.8 Å². The molecule has 0 aliphatic carbocycles. The Bertz CT molecular complexity index is 425. The molecule has 17 heavy (non-hydrogen) atoms. The minimum atomic E-state index is 0.129. The van der Waals surface area contributed by atoms with Crippen LogP contribution in [0.1, 0.15) is 28.8 Å². The number of Topliss-reactive ketones (excluding diaryl/α,β-unsaturated/α-hetero) is 1. The lowest BCUT2D eigenvalue weighted by molar-refractivity contribution is 0.0928. The van der Waals surface area contributed by atoms with Crippen molar-refractivity contribution in [1.82, 2.24) is 4.90 Å². The zero-order valence-electron chi connectivity index (χ0n) is 9.72. The Morgan fingerprint density at radius 3 is 2.71 bits per heavy atom. The molecule has 0 unspecified atom stereocenters. The van der Waals surface area contributed by atoms with Gasteiger partial charge in [-0.2, -0.15) is 5.26 Å².